The molecule has 1 atom stereocenters. The van der Waals surface area contributed by atoms with Gasteiger partial charge in [0, 0.05) is 13.2 Å². The van der Waals surface area contributed by atoms with Crippen molar-refractivity contribution in [2.45, 2.75) is 65.2 Å². The lowest BCUT2D eigenvalue weighted by atomic mass is 9.99. The van der Waals surface area contributed by atoms with E-state index in [9.17, 15) is 0 Å². The quantitative estimate of drug-likeness (QED) is 0.661. The van der Waals surface area contributed by atoms with Crippen LogP contribution in [0.25, 0.3) is 0 Å². The molecule has 1 N–H and O–H groups in total. The zero-order valence-electron chi connectivity index (χ0n) is 11.8. The van der Waals surface area contributed by atoms with Gasteiger partial charge >= 0.3 is 0 Å². The van der Waals surface area contributed by atoms with Crippen molar-refractivity contribution < 1.29 is 9.47 Å². The van der Waals surface area contributed by atoms with Gasteiger partial charge in [-0.05, 0) is 47.1 Å². The SMILES string of the molecule is CCNC(CCC(C)(C)OC)COC(C)C. The van der Waals surface area contributed by atoms with E-state index < -0.39 is 0 Å². The smallest absolute Gasteiger partial charge is 0.0623 e. The molecule has 0 radical (unpaired) electrons. The lowest BCUT2D eigenvalue weighted by molar-refractivity contribution is 0.00514. The first kappa shape index (κ1) is 15.9. The van der Waals surface area contributed by atoms with Crippen molar-refractivity contribution in [1.82, 2.24) is 5.32 Å². The monoisotopic (exact) mass is 231 g/mol. The summed E-state index contributed by atoms with van der Waals surface area (Å²) in [4.78, 5) is 0. The van der Waals surface area contributed by atoms with Gasteiger partial charge < -0.3 is 14.8 Å². The van der Waals surface area contributed by atoms with Crippen molar-refractivity contribution in [1.29, 1.82) is 0 Å². The molecule has 0 aliphatic carbocycles. The van der Waals surface area contributed by atoms with E-state index >= 15 is 0 Å². The highest BCUT2D eigenvalue weighted by atomic mass is 16.5. The summed E-state index contributed by atoms with van der Waals surface area (Å²) >= 11 is 0. The maximum absolute atomic E-state index is 5.65. The summed E-state index contributed by atoms with van der Waals surface area (Å²) in [7, 11) is 1.77. The maximum atomic E-state index is 5.65. The van der Waals surface area contributed by atoms with Crippen molar-refractivity contribution in [3.63, 3.8) is 0 Å². The molecule has 16 heavy (non-hydrogen) atoms. The third kappa shape index (κ3) is 8.08. The molecule has 0 spiro atoms. The second kappa shape index (κ2) is 8.04. The first-order valence-corrected chi connectivity index (χ1v) is 6.31. The van der Waals surface area contributed by atoms with Crippen molar-refractivity contribution in [2.75, 3.05) is 20.3 Å². The highest BCUT2D eigenvalue weighted by molar-refractivity contribution is 4.74. The fourth-order valence-corrected chi connectivity index (χ4v) is 1.47. The molecule has 1 unspecified atom stereocenters. The molecule has 0 rings (SSSR count). The zero-order chi connectivity index (χ0) is 12.6. The second-order valence-electron chi connectivity index (χ2n) is 5.14. The molecule has 0 aromatic heterocycles. The highest BCUT2D eigenvalue weighted by Crippen LogP contribution is 2.17. The molecule has 0 aromatic carbocycles. The Morgan fingerprint density at radius 3 is 2.31 bits per heavy atom. The zero-order valence-corrected chi connectivity index (χ0v) is 11.8. The van der Waals surface area contributed by atoms with Gasteiger partial charge in [0.25, 0.3) is 0 Å². The minimum atomic E-state index is -0.0362. The van der Waals surface area contributed by atoms with Crippen molar-refractivity contribution in [2.24, 2.45) is 0 Å². The molecule has 3 nitrogen and oxygen atoms in total. The van der Waals surface area contributed by atoms with Crippen LogP contribution in [0, 0.1) is 0 Å². The molecule has 0 aliphatic rings. The number of hydrogen-bond acceptors (Lipinski definition) is 3. The number of likely N-dealkylation sites (N-methyl/N-ethyl adjacent to an activating group) is 1. The molecule has 0 bridgehead atoms. The van der Waals surface area contributed by atoms with Gasteiger partial charge in [-0.15, -0.1) is 0 Å². The summed E-state index contributed by atoms with van der Waals surface area (Å²) in [6.45, 7) is 12.3. The molecule has 0 heterocycles. The molecule has 3 heteroatoms. The minimum absolute atomic E-state index is 0.0362. The molecule has 0 amide bonds. The standard InChI is InChI=1S/C13H29NO2/c1-7-14-12(10-16-11(2)3)8-9-13(4,5)15-6/h11-12,14H,7-10H2,1-6H3. The van der Waals surface area contributed by atoms with Crippen LogP contribution in [0.2, 0.25) is 0 Å². The van der Waals surface area contributed by atoms with E-state index in [1.807, 2.05) is 0 Å². The Morgan fingerprint density at radius 2 is 1.88 bits per heavy atom. The van der Waals surface area contributed by atoms with Crippen LogP contribution in [-0.4, -0.2) is 38.0 Å². The number of hydrogen-bond donors (Lipinski definition) is 1. The van der Waals surface area contributed by atoms with Gasteiger partial charge in [0.05, 0.1) is 18.3 Å². The predicted octanol–water partition coefficient (Wildman–Crippen LogP) is 2.59. The number of nitrogens with one attached hydrogen (secondary N) is 1. The number of rotatable bonds is 9. The van der Waals surface area contributed by atoms with Crippen molar-refractivity contribution >= 4 is 0 Å². The van der Waals surface area contributed by atoms with Gasteiger partial charge in [0.15, 0.2) is 0 Å². The van der Waals surface area contributed by atoms with Crippen LogP contribution in [0.5, 0.6) is 0 Å². The van der Waals surface area contributed by atoms with E-state index in [0.29, 0.717) is 12.1 Å². The van der Waals surface area contributed by atoms with E-state index in [-0.39, 0.29) is 5.60 Å². The highest BCUT2D eigenvalue weighted by Gasteiger charge is 2.19. The van der Waals surface area contributed by atoms with Gasteiger partial charge in [-0.25, -0.2) is 0 Å². The Hall–Kier alpha value is -0.120. The Morgan fingerprint density at radius 1 is 1.25 bits per heavy atom. The Labute approximate surface area is 101 Å². The minimum Gasteiger partial charge on any atom is -0.379 e. The maximum Gasteiger partial charge on any atom is 0.0623 e. The van der Waals surface area contributed by atoms with Crippen LogP contribution in [0.15, 0.2) is 0 Å². The van der Waals surface area contributed by atoms with Gasteiger partial charge in [-0.1, -0.05) is 6.92 Å². The lowest BCUT2D eigenvalue weighted by Crippen LogP contribution is -2.36. The van der Waals surface area contributed by atoms with Crippen LogP contribution < -0.4 is 5.32 Å². The molecule has 0 saturated heterocycles. The van der Waals surface area contributed by atoms with Crippen LogP contribution in [-0.2, 0) is 9.47 Å². The largest absolute Gasteiger partial charge is 0.379 e. The van der Waals surface area contributed by atoms with E-state index in [1.165, 1.54) is 0 Å². The van der Waals surface area contributed by atoms with Gasteiger partial charge in [-0.3, -0.25) is 0 Å². The Kier molecular flexibility index (Phi) is 7.98. The second-order valence-corrected chi connectivity index (χ2v) is 5.14. The molecular formula is C13H29NO2. The van der Waals surface area contributed by atoms with Crippen LogP contribution in [0.1, 0.15) is 47.5 Å². The summed E-state index contributed by atoms with van der Waals surface area (Å²) in [5.74, 6) is 0. The van der Waals surface area contributed by atoms with E-state index in [2.05, 4.69) is 39.9 Å². The van der Waals surface area contributed by atoms with Crippen molar-refractivity contribution in [3.8, 4) is 0 Å². The predicted molar refractivity (Wildman–Crippen MR) is 68.9 cm³/mol. The first-order valence-electron chi connectivity index (χ1n) is 6.31. The molecule has 0 aliphatic heterocycles. The molecule has 98 valence electrons. The van der Waals surface area contributed by atoms with Crippen LogP contribution >= 0.6 is 0 Å². The fourth-order valence-electron chi connectivity index (χ4n) is 1.47. The van der Waals surface area contributed by atoms with Gasteiger partial charge in [0.2, 0.25) is 0 Å². The van der Waals surface area contributed by atoms with Crippen molar-refractivity contribution in [3.05, 3.63) is 0 Å². The van der Waals surface area contributed by atoms with E-state index in [1.54, 1.807) is 7.11 Å². The first-order chi connectivity index (χ1) is 7.41. The third-order valence-corrected chi connectivity index (χ3v) is 2.77. The summed E-state index contributed by atoms with van der Waals surface area (Å²) in [6, 6.07) is 0.432. The summed E-state index contributed by atoms with van der Waals surface area (Å²) in [5.41, 5.74) is -0.0362. The molecule has 0 saturated carbocycles. The molecule has 0 fully saturated rings. The van der Waals surface area contributed by atoms with E-state index in [4.69, 9.17) is 9.47 Å². The third-order valence-electron chi connectivity index (χ3n) is 2.77. The average Bonchev–Trinajstić information content (AvgIpc) is 2.22. The number of methoxy groups -OCH3 is 1. The summed E-state index contributed by atoms with van der Waals surface area (Å²) in [5, 5.41) is 3.45. The summed E-state index contributed by atoms with van der Waals surface area (Å²) < 4.78 is 11.1. The lowest BCUT2D eigenvalue weighted by Gasteiger charge is -2.26. The van der Waals surface area contributed by atoms with Gasteiger partial charge in [-0.2, -0.15) is 0 Å². The molecule has 0 aromatic rings. The van der Waals surface area contributed by atoms with Crippen LogP contribution in [0.3, 0.4) is 0 Å². The summed E-state index contributed by atoms with van der Waals surface area (Å²) in [6.07, 6.45) is 2.43. The normalized spacial score (nSPS) is 14.4. The van der Waals surface area contributed by atoms with Crippen LogP contribution in [0.4, 0.5) is 0 Å². The Balaban J connectivity index is 3.93. The Bertz CT molecular complexity index is 169. The number of ether oxygens (including phenoxy) is 2. The fraction of sp³-hybridized carbons (Fsp3) is 1.00. The topological polar surface area (TPSA) is 30.5 Å². The molecular weight excluding hydrogens is 202 g/mol. The average molecular weight is 231 g/mol. The van der Waals surface area contributed by atoms with E-state index in [0.717, 1.165) is 26.0 Å². The van der Waals surface area contributed by atoms with Gasteiger partial charge in [0.1, 0.15) is 0 Å².